The van der Waals surface area contributed by atoms with Crippen LogP contribution >= 0.6 is 0 Å². The standard InChI is InChI=1S/C20H27NO4/c1-12(22)24-17-8-7-13-11-16-14(6-5-9-21-16)10-15(13)18(17)25-19(23)20(2,3)4/h7-8,14,16,21H,5-6,9-11H2,1-4H3/t14-,16-/m0/s1. The molecule has 0 saturated carbocycles. The Morgan fingerprint density at radius 1 is 1.16 bits per heavy atom. The van der Waals surface area contributed by atoms with Crippen molar-refractivity contribution in [1.29, 1.82) is 0 Å². The summed E-state index contributed by atoms with van der Waals surface area (Å²) in [5.74, 6) is 0.558. The van der Waals surface area contributed by atoms with Gasteiger partial charge in [-0.3, -0.25) is 9.59 Å². The molecule has 136 valence electrons. The normalized spacial score (nSPS) is 22.6. The van der Waals surface area contributed by atoms with Crippen molar-refractivity contribution in [2.45, 2.75) is 59.4 Å². The number of hydrogen-bond acceptors (Lipinski definition) is 5. The summed E-state index contributed by atoms with van der Waals surface area (Å²) in [6.07, 6.45) is 4.09. The number of nitrogens with one attached hydrogen (secondary N) is 1. The van der Waals surface area contributed by atoms with E-state index in [0.29, 0.717) is 23.5 Å². The van der Waals surface area contributed by atoms with Crippen LogP contribution in [-0.4, -0.2) is 24.5 Å². The van der Waals surface area contributed by atoms with Crippen LogP contribution in [0, 0.1) is 11.3 Å². The molecule has 5 heteroatoms. The average molecular weight is 345 g/mol. The van der Waals surface area contributed by atoms with Gasteiger partial charge in [-0.2, -0.15) is 0 Å². The first-order chi connectivity index (χ1) is 11.8. The van der Waals surface area contributed by atoms with Crippen LogP contribution in [0.3, 0.4) is 0 Å². The van der Waals surface area contributed by atoms with E-state index >= 15 is 0 Å². The van der Waals surface area contributed by atoms with Gasteiger partial charge in [-0.15, -0.1) is 0 Å². The van der Waals surface area contributed by atoms with Crippen molar-refractivity contribution in [1.82, 2.24) is 5.32 Å². The minimum Gasteiger partial charge on any atom is -0.423 e. The summed E-state index contributed by atoms with van der Waals surface area (Å²) in [5, 5.41) is 3.60. The quantitative estimate of drug-likeness (QED) is 0.659. The lowest BCUT2D eigenvalue weighted by Crippen LogP contribution is -2.46. The van der Waals surface area contributed by atoms with E-state index in [9.17, 15) is 9.59 Å². The lowest BCUT2D eigenvalue weighted by Gasteiger charge is -2.38. The number of ether oxygens (including phenoxy) is 2. The Hall–Kier alpha value is -1.88. The Kier molecular flexibility index (Phi) is 4.87. The van der Waals surface area contributed by atoms with E-state index in [4.69, 9.17) is 9.47 Å². The van der Waals surface area contributed by atoms with Crippen molar-refractivity contribution in [3.63, 3.8) is 0 Å². The van der Waals surface area contributed by atoms with Crippen molar-refractivity contribution in [3.8, 4) is 11.5 Å². The summed E-state index contributed by atoms with van der Waals surface area (Å²) in [7, 11) is 0. The summed E-state index contributed by atoms with van der Waals surface area (Å²) < 4.78 is 11.1. The maximum atomic E-state index is 12.5. The number of carbonyl (C=O) groups is 2. The van der Waals surface area contributed by atoms with Gasteiger partial charge < -0.3 is 14.8 Å². The molecule has 1 saturated heterocycles. The van der Waals surface area contributed by atoms with Gasteiger partial charge in [-0.25, -0.2) is 0 Å². The summed E-state index contributed by atoms with van der Waals surface area (Å²) in [4.78, 5) is 23.9. The molecule has 1 aliphatic carbocycles. The number of fused-ring (bicyclic) bond motifs is 2. The molecular formula is C20H27NO4. The van der Waals surface area contributed by atoms with Crippen molar-refractivity contribution in [2.24, 2.45) is 11.3 Å². The van der Waals surface area contributed by atoms with Gasteiger partial charge in [0.15, 0.2) is 11.5 Å². The molecule has 3 rings (SSSR count). The van der Waals surface area contributed by atoms with Crippen LogP contribution in [-0.2, 0) is 22.4 Å². The molecule has 2 aliphatic rings. The molecule has 0 amide bonds. The highest BCUT2D eigenvalue weighted by Gasteiger charge is 2.34. The molecule has 0 unspecified atom stereocenters. The van der Waals surface area contributed by atoms with E-state index in [-0.39, 0.29) is 5.97 Å². The second-order valence-electron chi connectivity index (χ2n) is 8.13. The first-order valence-corrected chi connectivity index (χ1v) is 9.04. The highest BCUT2D eigenvalue weighted by Crippen LogP contribution is 2.42. The number of carbonyl (C=O) groups excluding carboxylic acids is 2. The second kappa shape index (κ2) is 6.79. The molecule has 2 atom stereocenters. The Morgan fingerprint density at radius 2 is 1.92 bits per heavy atom. The summed E-state index contributed by atoms with van der Waals surface area (Å²) in [5.41, 5.74) is 1.56. The van der Waals surface area contributed by atoms with Gasteiger partial charge in [0.2, 0.25) is 0 Å². The number of benzene rings is 1. The predicted molar refractivity (Wildman–Crippen MR) is 94.8 cm³/mol. The van der Waals surface area contributed by atoms with Crippen LogP contribution in [0.4, 0.5) is 0 Å². The Morgan fingerprint density at radius 3 is 2.60 bits per heavy atom. The lowest BCUT2D eigenvalue weighted by atomic mass is 9.76. The topological polar surface area (TPSA) is 64.6 Å². The summed E-state index contributed by atoms with van der Waals surface area (Å²) in [6, 6.07) is 4.22. The molecule has 0 spiro atoms. The maximum Gasteiger partial charge on any atom is 0.316 e. The van der Waals surface area contributed by atoms with Crippen molar-refractivity contribution < 1.29 is 19.1 Å². The SMILES string of the molecule is CC(=O)Oc1ccc2c(c1OC(=O)C(C)(C)C)C[C@@H]1CCCN[C@H]1C2. The smallest absolute Gasteiger partial charge is 0.316 e. The molecule has 1 heterocycles. The van der Waals surface area contributed by atoms with Crippen molar-refractivity contribution in [3.05, 3.63) is 23.3 Å². The molecule has 0 bridgehead atoms. The van der Waals surface area contributed by atoms with Gasteiger partial charge >= 0.3 is 11.9 Å². The van der Waals surface area contributed by atoms with Crippen LogP contribution in [0.25, 0.3) is 0 Å². The van der Waals surface area contributed by atoms with E-state index in [2.05, 4.69) is 5.32 Å². The molecule has 5 nitrogen and oxygen atoms in total. The molecule has 25 heavy (non-hydrogen) atoms. The minimum atomic E-state index is -0.625. The molecule has 1 N–H and O–H groups in total. The molecule has 1 fully saturated rings. The van der Waals surface area contributed by atoms with Crippen molar-refractivity contribution in [2.75, 3.05) is 6.54 Å². The van der Waals surface area contributed by atoms with Crippen LogP contribution < -0.4 is 14.8 Å². The van der Waals surface area contributed by atoms with Crippen LogP contribution in [0.15, 0.2) is 12.1 Å². The number of piperidine rings is 1. The average Bonchev–Trinajstić information content (AvgIpc) is 2.54. The van der Waals surface area contributed by atoms with Gasteiger partial charge in [0.1, 0.15) is 0 Å². The van der Waals surface area contributed by atoms with Gasteiger partial charge in [0, 0.05) is 18.5 Å². The molecule has 1 aromatic carbocycles. The van der Waals surface area contributed by atoms with E-state index in [1.807, 2.05) is 26.8 Å². The van der Waals surface area contributed by atoms with E-state index in [1.165, 1.54) is 18.9 Å². The number of hydrogen-bond donors (Lipinski definition) is 1. The molecule has 0 aromatic heterocycles. The minimum absolute atomic E-state index is 0.321. The summed E-state index contributed by atoms with van der Waals surface area (Å²) >= 11 is 0. The Bertz CT molecular complexity index is 690. The first-order valence-electron chi connectivity index (χ1n) is 9.04. The molecule has 1 aliphatic heterocycles. The molecule has 1 aromatic rings. The Balaban J connectivity index is 2.00. The second-order valence-corrected chi connectivity index (χ2v) is 8.13. The van der Waals surface area contributed by atoms with E-state index in [0.717, 1.165) is 31.4 Å². The fraction of sp³-hybridized carbons (Fsp3) is 0.600. The number of esters is 2. The highest BCUT2D eigenvalue weighted by atomic mass is 16.6. The van der Waals surface area contributed by atoms with Crippen LogP contribution in [0.5, 0.6) is 11.5 Å². The van der Waals surface area contributed by atoms with Crippen LogP contribution in [0.1, 0.15) is 51.7 Å². The fourth-order valence-corrected chi connectivity index (χ4v) is 3.66. The predicted octanol–water partition coefficient (Wildman–Crippen LogP) is 3.03. The number of rotatable bonds is 2. The van der Waals surface area contributed by atoms with E-state index < -0.39 is 11.4 Å². The maximum absolute atomic E-state index is 12.5. The third-order valence-electron chi connectivity index (χ3n) is 5.02. The van der Waals surface area contributed by atoms with Gasteiger partial charge in [0.05, 0.1) is 5.41 Å². The highest BCUT2D eigenvalue weighted by molar-refractivity contribution is 5.80. The monoisotopic (exact) mass is 345 g/mol. The zero-order valence-electron chi connectivity index (χ0n) is 15.5. The van der Waals surface area contributed by atoms with E-state index in [1.54, 1.807) is 6.07 Å². The zero-order valence-corrected chi connectivity index (χ0v) is 15.5. The van der Waals surface area contributed by atoms with Gasteiger partial charge in [0.25, 0.3) is 0 Å². The zero-order chi connectivity index (χ0) is 18.2. The fourth-order valence-electron chi connectivity index (χ4n) is 3.66. The largest absolute Gasteiger partial charge is 0.423 e. The van der Waals surface area contributed by atoms with Crippen LogP contribution in [0.2, 0.25) is 0 Å². The van der Waals surface area contributed by atoms with Gasteiger partial charge in [-0.05, 0) is 70.5 Å². The lowest BCUT2D eigenvalue weighted by molar-refractivity contribution is -0.143. The third kappa shape index (κ3) is 3.87. The molecule has 0 radical (unpaired) electrons. The van der Waals surface area contributed by atoms with Crippen molar-refractivity contribution >= 4 is 11.9 Å². The third-order valence-corrected chi connectivity index (χ3v) is 5.02. The Labute approximate surface area is 149 Å². The first kappa shape index (κ1) is 17.9. The molecular weight excluding hydrogens is 318 g/mol. The summed E-state index contributed by atoms with van der Waals surface area (Å²) in [6.45, 7) is 7.87. The van der Waals surface area contributed by atoms with Gasteiger partial charge in [-0.1, -0.05) is 6.07 Å².